The Kier molecular flexibility index (Phi) is 2.08. The summed E-state index contributed by atoms with van der Waals surface area (Å²) < 4.78 is 1.72. The Balaban J connectivity index is 2.19. The van der Waals surface area contributed by atoms with Gasteiger partial charge >= 0.3 is 0 Å². The molecule has 0 aromatic carbocycles. The van der Waals surface area contributed by atoms with Crippen LogP contribution in [0.5, 0.6) is 0 Å². The van der Waals surface area contributed by atoms with Gasteiger partial charge in [0.2, 0.25) is 0 Å². The summed E-state index contributed by atoms with van der Waals surface area (Å²) in [5.74, 6) is 0.694. The van der Waals surface area contributed by atoms with Crippen LogP contribution in [0.4, 0.5) is 5.69 Å². The van der Waals surface area contributed by atoms with Gasteiger partial charge in [-0.15, -0.1) is 0 Å². The molecule has 70 valence electrons. The van der Waals surface area contributed by atoms with Gasteiger partial charge in [0.05, 0.1) is 5.69 Å². The van der Waals surface area contributed by atoms with Crippen molar-refractivity contribution in [2.75, 3.05) is 5.73 Å². The number of aromatic nitrogens is 1. The summed E-state index contributed by atoms with van der Waals surface area (Å²) in [6.45, 7) is 0.837. The topological polar surface area (TPSA) is 48.0 Å². The van der Waals surface area contributed by atoms with E-state index in [-0.39, 0.29) is 5.56 Å². The molecule has 1 saturated carbocycles. The van der Waals surface area contributed by atoms with Crippen LogP contribution < -0.4 is 11.3 Å². The Bertz CT molecular complexity index is 352. The molecule has 2 N–H and O–H groups in total. The summed E-state index contributed by atoms with van der Waals surface area (Å²) in [4.78, 5) is 11.5. The molecule has 0 amide bonds. The maximum absolute atomic E-state index is 11.5. The van der Waals surface area contributed by atoms with Crippen molar-refractivity contribution in [3.8, 4) is 0 Å². The first kappa shape index (κ1) is 8.35. The van der Waals surface area contributed by atoms with Gasteiger partial charge < -0.3 is 10.3 Å². The third kappa shape index (κ3) is 1.59. The van der Waals surface area contributed by atoms with Gasteiger partial charge in [-0.3, -0.25) is 4.79 Å². The number of pyridine rings is 1. The van der Waals surface area contributed by atoms with Gasteiger partial charge in [-0.1, -0.05) is 6.42 Å². The van der Waals surface area contributed by atoms with E-state index in [1.54, 1.807) is 10.6 Å². The molecular weight excluding hydrogens is 164 g/mol. The van der Waals surface area contributed by atoms with Gasteiger partial charge in [0.25, 0.3) is 5.56 Å². The second-order valence-corrected chi connectivity index (χ2v) is 3.72. The SMILES string of the molecule is Nc1cccn(CC2CCC2)c1=O. The van der Waals surface area contributed by atoms with Gasteiger partial charge in [-0.25, -0.2) is 0 Å². The number of nitrogens with two attached hydrogens (primary N) is 1. The smallest absolute Gasteiger partial charge is 0.273 e. The van der Waals surface area contributed by atoms with Crippen LogP contribution in [0, 0.1) is 5.92 Å². The highest BCUT2D eigenvalue weighted by molar-refractivity contribution is 5.33. The van der Waals surface area contributed by atoms with Gasteiger partial charge in [0.15, 0.2) is 0 Å². The Hall–Kier alpha value is -1.25. The lowest BCUT2D eigenvalue weighted by Gasteiger charge is -2.25. The van der Waals surface area contributed by atoms with E-state index in [4.69, 9.17) is 5.73 Å². The van der Waals surface area contributed by atoms with Crippen LogP contribution >= 0.6 is 0 Å². The Morgan fingerprint density at radius 2 is 2.31 bits per heavy atom. The van der Waals surface area contributed by atoms with E-state index >= 15 is 0 Å². The highest BCUT2D eigenvalue weighted by atomic mass is 16.1. The molecule has 1 aliphatic carbocycles. The van der Waals surface area contributed by atoms with E-state index in [9.17, 15) is 4.79 Å². The monoisotopic (exact) mass is 178 g/mol. The van der Waals surface area contributed by atoms with E-state index in [1.165, 1.54) is 19.3 Å². The van der Waals surface area contributed by atoms with E-state index in [1.807, 2.05) is 12.3 Å². The van der Waals surface area contributed by atoms with Gasteiger partial charge in [0, 0.05) is 12.7 Å². The molecule has 2 rings (SSSR count). The molecular formula is C10H14N2O. The highest BCUT2D eigenvalue weighted by Gasteiger charge is 2.18. The van der Waals surface area contributed by atoms with Crippen LogP contribution in [-0.4, -0.2) is 4.57 Å². The normalized spacial score (nSPS) is 16.9. The molecule has 0 aliphatic heterocycles. The van der Waals surface area contributed by atoms with Crippen LogP contribution in [0.1, 0.15) is 19.3 Å². The Morgan fingerprint density at radius 3 is 2.92 bits per heavy atom. The van der Waals surface area contributed by atoms with E-state index in [0.717, 1.165) is 6.54 Å². The van der Waals surface area contributed by atoms with E-state index in [2.05, 4.69) is 0 Å². The number of nitrogens with zero attached hydrogens (tertiary/aromatic N) is 1. The quantitative estimate of drug-likeness (QED) is 0.740. The van der Waals surface area contributed by atoms with Crippen molar-refractivity contribution in [3.63, 3.8) is 0 Å². The molecule has 1 heterocycles. The van der Waals surface area contributed by atoms with Gasteiger partial charge in [-0.05, 0) is 30.9 Å². The van der Waals surface area contributed by atoms with Crippen molar-refractivity contribution >= 4 is 5.69 Å². The van der Waals surface area contributed by atoms with Crippen LogP contribution in [0.2, 0.25) is 0 Å². The number of anilines is 1. The minimum atomic E-state index is -0.0469. The molecule has 3 nitrogen and oxygen atoms in total. The lowest BCUT2D eigenvalue weighted by molar-refractivity contribution is 0.274. The summed E-state index contributed by atoms with van der Waals surface area (Å²) in [6, 6.07) is 3.48. The first-order valence-electron chi connectivity index (χ1n) is 4.72. The van der Waals surface area contributed by atoms with Crippen LogP contribution in [0.25, 0.3) is 0 Å². The fourth-order valence-electron chi connectivity index (χ4n) is 1.65. The largest absolute Gasteiger partial charge is 0.394 e. The zero-order valence-corrected chi connectivity index (χ0v) is 7.57. The molecule has 0 radical (unpaired) electrons. The second-order valence-electron chi connectivity index (χ2n) is 3.72. The van der Waals surface area contributed by atoms with Crippen molar-refractivity contribution in [2.24, 2.45) is 5.92 Å². The summed E-state index contributed by atoms with van der Waals surface area (Å²) in [7, 11) is 0. The minimum Gasteiger partial charge on any atom is -0.394 e. The molecule has 0 saturated heterocycles. The van der Waals surface area contributed by atoms with E-state index in [0.29, 0.717) is 11.6 Å². The third-order valence-electron chi connectivity index (χ3n) is 2.73. The summed E-state index contributed by atoms with van der Waals surface area (Å²) in [6.07, 6.45) is 5.63. The maximum atomic E-state index is 11.5. The molecule has 0 atom stereocenters. The van der Waals surface area contributed by atoms with Crippen molar-refractivity contribution in [2.45, 2.75) is 25.8 Å². The molecule has 1 aromatic heterocycles. The number of hydrogen-bond acceptors (Lipinski definition) is 2. The molecule has 13 heavy (non-hydrogen) atoms. The molecule has 1 aliphatic rings. The molecule has 0 spiro atoms. The van der Waals surface area contributed by atoms with Crippen LogP contribution in [-0.2, 0) is 6.54 Å². The average Bonchev–Trinajstić information content (AvgIpc) is 2.04. The van der Waals surface area contributed by atoms with Crippen molar-refractivity contribution < 1.29 is 0 Å². The summed E-state index contributed by atoms with van der Waals surface area (Å²) in [5, 5.41) is 0. The minimum absolute atomic E-state index is 0.0469. The maximum Gasteiger partial charge on any atom is 0.273 e. The first-order chi connectivity index (χ1) is 6.27. The zero-order chi connectivity index (χ0) is 9.26. The molecule has 1 fully saturated rings. The number of hydrogen-bond donors (Lipinski definition) is 1. The standard InChI is InChI=1S/C10H14N2O/c11-9-5-2-6-12(10(9)13)7-8-3-1-4-8/h2,5-6,8H,1,3-4,7,11H2. The predicted molar refractivity (Wildman–Crippen MR) is 52.5 cm³/mol. The molecule has 0 bridgehead atoms. The molecule has 1 aromatic rings. The predicted octanol–water partition coefficient (Wildman–Crippen LogP) is 1.23. The Morgan fingerprint density at radius 1 is 1.54 bits per heavy atom. The lowest BCUT2D eigenvalue weighted by atomic mass is 9.85. The fourth-order valence-corrected chi connectivity index (χ4v) is 1.65. The number of rotatable bonds is 2. The van der Waals surface area contributed by atoms with Crippen LogP contribution in [0.3, 0.4) is 0 Å². The number of nitrogen functional groups attached to an aromatic ring is 1. The van der Waals surface area contributed by atoms with Crippen molar-refractivity contribution in [1.29, 1.82) is 0 Å². The Labute approximate surface area is 77.2 Å². The molecule has 3 heteroatoms. The fraction of sp³-hybridized carbons (Fsp3) is 0.500. The zero-order valence-electron chi connectivity index (χ0n) is 7.57. The van der Waals surface area contributed by atoms with Crippen molar-refractivity contribution in [1.82, 2.24) is 4.57 Å². The average molecular weight is 178 g/mol. The van der Waals surface area contributed by atoms with Gasteiger partial charge in [-0.2, -0.15) is 0 Å². The highest BCUT2D eigenvalue weighted by Crippen LogP contribution is 2.27. The van der Waals surface area contributed by atoms with Crippen LogP contribution in [0.15, 0.2) is 23.1 Å². The third-order valence-corrected chi connectivity index (χ3v) is 2.73. The molecule has 0 unspecified atom stereocenters. The van der Waals surface area contributed by atoms with E-state index < -0.39 is 0 Å². The summed E-state index contributed by atoms with van der Waals surface area (Å²) >= 11 is 0. The first-order valence-corrected chi connectivity index (χ1v) is 4.72. The lowest BCUT2D eigenvalue weighted by Crippen LogP contribution is -2.27. The summed E-state index contributed by atoms with van der Waals surface area (Å²) in [5.41, 5.74) is 5.82. The van der Waals surface area contributed by atoms with Gasteiger partial charge in [0.1, 0.15) is 0 Å². The van der Waals surface area contributed by atoms with Crippen molar-refractivity contribution in [3.05, 3.63) is 28.7 Å². The second kappa shape index (κ2) is 3.24.